The standard InChI is InChI=1S/C15H20N4O/c1-4-9-19(13-7-5-12(16)6-8-13)15(20)14-10-17-18(3)11(14)2/h5-8,10H,4,9,16H2,1-3H3. The molecule has 5 heteroatoms. The van der Waals surface area contributed by atoms with Gasteiger partial charge >= 0.3 is 0 Å². The lowest BCUT2D eigenvalue weighted by Gasteiger charge is -2.22. The predicted octanol–water partition coefficient (Wildman–Crippen LogP) is 2.37. The first kappa shape index (κ1) is 14.1. The maximum Gasteiger partial charge on any atom is 0.261 e. The highest BCUT2D eigenvalue weighted by atomic mass is 16.2. The Morgan fingerprint density at radius 2 is 2.00 bits per heavy atom. The average Bonchev–Trinajstić information content (AvgIpc) is 2.77. The zero-order chi connectivity index (χ0) is 14.7. The van der Waals surface area contributed by atoms with Crippen LogP contribution in [0.2, 0.25) is 0 Å². The van der Waals surface area contributed by atoms with E-state index in [2.05, 4.69) is 5.10 Å². The number of aryl methyl sites for hydroxylation is 1. The molecular formula is C15H20N4O. The minimum Gasteiger partial charge on any atom is -0.399 e. The van der Waals surface area contributed by atoms with Crippen LogP contribution in [0.5, 0.6) is 0 Å². The average molecular weight is 272 g/mol. The van der Waals surface area contributed by atoms with Crippen LogP contribution in [-0.4, -0.2) is 22.2 Å². The molecular weight excluding hydrogens is 252 g/mol. The summed E-state index contributed by atoms with van der Waals surface area (Å²) < 4.78 is 1.71. The summed E-state index contributed by atoms with van der Waals surface area (Å²) in [6, 6.07) is 7.35. The normalized spacial score (nSPS) is 10.6. The van der Waals surface area contributed by atoms with Gasteiger partial charge in [0.05, 0.1) is 11.8 Å². The Kier molecular flexibility index (Phi) is 4.08. The van der Waals surface area contributed by atoms with Crippen LogP contribution in [0.1, 0.15) is 29.4 Å². The van der Waals surface area contributed by atoms with Crippen molar-refractivity contribution in [2.45, 2.75) is 20.3 Å². The van der Waals surface area contributed by atoms with Gasteiger partial charge < -0.3 is 10.6 Å². The Balaban J connectivity index is 2.35. The Hall–Kier alpha value is -2.30. The number of hydrogen-bond donors (Lipinski definition) is 1. The molecule has 2 N–H and O–H groups in total. The van der Waals surface area contributed by atoms with Crippen LogP contribution in [0.25, 0.3) is 0 Å². The number of benzene rings is 1. The Morgan fingerprint density at radius 1 is 1.35 bits per heavy atom. The van der Waals surface area contributed by atoms with Gasteiger partial charge in [0, 0.05) is 30.7 Å². The number of nitrogens with zero attached hydrogens (tertiary/aromatic N) is 3. The smallest absolute Gasteiger partial charge is 0.261 e. The van der Waals surface area contributed by atoms with E-state index in [-0.39, 0.29) is 5.91 Å². The molecule has 1 aromatic heterocycles. The van der Waals surface area contributed by atoms with Crippen molar-refractivity contribution in [1.29, 1.82) is 0 Å². The van der Waals surface area contributed by atoms with Gasteiger partial charge in [-0.25, -0.2) is 0 Å². The van der Waals surface area contributed by atoms with Gasteiger partial charge in [-0.05, 0) is 37.6 Å². The molecule has 0 spiro atoms. The summed E-state index contributed by atoms with van der Waals surface area (Å²) in [5, 5.41) is 4.14. The predicted molar refractivity (Wildman–Crippen MR) is 80.8 cm³/mol. The molecule has 0 aliphatic carbocycles. The zero-order valence-corrected chi connectivity index (χ0v) is 12.1. The van der Waals surface area contributed by atoms with Gasteiger partial charge in [-0.2, -0.15) is 5.10 Å². The van der Waals surface area contributed by atoms with Crippen molar-refractivity contribution < 1.29 is 4.79 Å². The van der Waals surface area contributed by atoms with E-state index < -0.39 is 0 Å². The van der Waals surface area contributed by atoms with Gasteiger partial charge in [-0.3, -0.25) is 9.48 Å². The van der Waals surface area contributed by atoms with Crippen molar-refractivity contribution in [2.24, 2.45) is 7.05 Å². The molecule has 1 amide bonds. The van der Waals surface area contributed by atoms with Gasteiger partial charge in [-0.15, -0.1) is 0 Å². The second-order valence-corrected chi connectivity index (χ2v) is 4.82. The van der Waals surface area contributed by atoms with Crippen molar-refractivity contribution in [3.05, 3.63) is 41.7 Å². The SMILES string of the molecule is CCCN(C(=O)c1cnn(C)c1C)c1ccc(N)cc1. The van der Waals surface area contributed by atoms with Crippen molar-refractivity contribution >= 4 is 17.3 Å². The van der Waals surface area contributed by atoms with E-state index in [9.17, 15) is 4.79 Å². The first-order valence-electron chi connectivity index (χ1n) is 6.70. The molecule has 2 aromatic rings. The van der Waals surface area contributed by atoms with Crippen molar-refractivity contribution in [3.8, 4) is 0 Å². The highest BCUT2D eigenvalue weighted by Crippen LogP contribution is 2.20. The van der Waals surface area contributed by atoms with E-state index in [0.29, 0.717) is 17.8 Å². The fourth-order valence-corrected chi connectivity index (χ4v) is 2.08. The largest absolute Gasteiger partial charge is 0.399 e. The number of nitrogen functional groups attached to an aromatic ring is 1. The van der Waals surface area contributed by atoms with E-state index in [0.717, 1.165) is 17.8 Å². The van der Waals surface area contributed by atoms with Crippen LogP contribution in [0.15, 0.2) is 30.5 Å². The van der Waals surface area contributed by atoms with Crippen molar-refractivity contribution in [3.63, 3.8) is 0 Å². The fraction of sp³-hybridized carbons (Fsp3) is 0.333. The van der Waals surface area contributed by atoms with Crippen LogP contribution < -0.4 is 10.6 Å². The van der Waals surface area contributed by atoms with E-state index in [1.54, 1.807) is 27.9 Å². The summed E-state index contributed by atoms with van der Waals surface area (Å²) in [7, 11) is 1.83. The number of hydrogen-bond acceptors (Lipinski definition) is 3. The molecule has 0 atom stereocenters. The fourth-order valence-electron chi connectivity index (χ4n) is 2.08. The monoisotopic (exact) mass is 272 g/mol. The molecule has 0 saturated heterocycles. The first-order valence-corrected chi connectivity index (χ1v) is 6.70. The number of anilines is 2. The number of rotatable bonds is 4. The Labute approximate surface area is 119 Å². The lowest BCUT2D eigenvalue weighted by atomic mass is 10.2. The lowest BCUT2D eigenvalue weighted by Crippen LogP contribution is -2.32. The number of carbonyl (C=O) groups excluding carboxylic acids is 1. The molecule has 0 fully saturated rings. The van der Waals surface area contributed by atoms with E-state index in [4.69, 9.17) is 5.73 Å². The number of nitrogens with two attached hydrogens (primary N) is 1. The zero-order valence-electron chi connectivity index (χ0n) is 12.1. The molecule has 0 aliphatic rings. The summed E-state index contributed by atoms with van der Waals surface area (Å²) in [4.78, 5) is 14.5. The maximum absolute atomic E-state index is 12.7. The highest BCUT2D eigenvalue weighted by Gasteiger charge is 2.20. The third-order valence-electron chi connectivity index (χ3n) is 3.36. The van der Waals surface area contributed by atoms with Crippen LogP contribution >= 0.6 is 0 Å². The van der Waals surface area contributed by atoms with E-state index in [1.165, 1.54) is 0 Å². The second-order valence-electron chi connectivity index (χ2n) is 4.82. The third-order valence-corrected chi connectivity index (χ3v) is 3.36. The molecule has 1 aromatic carbocycles. The second kappa shape index (κ2) is 5.77. The van der Waals surface area contributed by atoms with Gasteiger partial charge in [0.2, 0.25) is 0 Å². The third kappa shape index (κ3) is 2.66. The van der Waals surface area contributed by atoms with Crippen molar-refractivity contribution in [1.82, 2.24) is 9.78 Å². The van der Waals surface area contributed by atoms with E-state index >= 15 is 0 Å². The number of aromatic nitrogens is 2. The molecule has 106 valence electrons. The summed E-state index contributed by atoms with van der Waals surface area (Å²) in [5.41, 5.74) is 8.75. The molecule has 0 aliphatic heterocycles. The minimum atomic E-state index is -0.0257. The summed E-state index contributed by atoms with van der Waals surface area (Å²) in [6.45, 7) is 4.61. The molecule has 5 nitrogen and oxygen atoms in total. The minimum absolute atomic E-state index is 0.0257. The number of carbonyl (C=O) groups is 1. The number of amides is 1. The molecule has 0 saturated carbocycles. The van der Waals surface area contributed by atoms with Crippen molar-refractivity contribution in [2.75, 3.05) is 17.2 Å². The van der Waals surface area contributed by atoms with Crippen LogP contribution in [0, 0.1) is 6.92 Å². The van der Waals surface area contributed by atoms with Gasteiger partial charge in [0.1, 0.15) is 0 Å². The van der Waals surface area contributed by atoms with Gasteiger partial charge in [0.15, 0.2) is 0 Å². The van der Waals surface area contributed by atoms with E-state index in [1.807, 2.05) is 33.0 Å². The molecule has 20 heavy (non-hydrogen) atoms. The van der Waals surface area contributed by atoms with Gasteiger partial charge in [0.25, 0.3) is 5.91 Å². The highest BCUT2D eigenvalue weighted by molar-refractivity contribution is 6.06. The Bertz CT molecular complexity index is 601. The summed E-state index contributed by atoms with van der Waals surface area (Å²) >= 11 is 0. The molecule has 2 rings (SSSR count). The maximum atomic E-state index is 12.7. The first-order chi connectivity index (χ1) is 9.54. The lowest BCUT2D eigenvalue weighted by molar-refractivity contribution is 0.0986. The van der Waals surface area contributed by atoms with Crippen LogP contribution in [0.4, 0.5) is 11.4 Å². The summed E-state index contributed by atoms with van der Waals surface area (Å²) in [6.07, 6.45) is 2.51. The molecule has 0 unspecified atom stereocenters. The van der Waals surface area contributed by atoms with Crippen LogP contribution in [0.3, 0.4) is 0 Å². The Morgan fingerprint density at radius 3 is 2.50 bits per heavy atom. The topological polar surface area (TPSA) is 64.2 Å². The van der Waals surface area contributed by atoms with Gasteiger partial charge in [-0.1, -0.05) is 6.92 Å². The summed E-state index contributed by atoms with van der Waals surface area (Å²) in [5.74, 6) is -0.0257. The quantitative estimate of drug-likeness (QED) is 0.869. The van der Waals surface area contributed by atoms with Crippen LogP contribution in [-0.2, 0) is 7.05 Å². The molecule has 0 bridgehead atoms. The molecule has 1 heterocycles. The molecule has 0 radical (unpaired) electrons.